The molecule has 1 heterocycles. The van der Waals surface area contributed by atoms with E-state index in [1.54, 1.807) is 16.8 Å². The fourth-order valence-corrected chi connectivity index (χ4v) is 4.31. The molecule has 164 valence electrons. The fourth-order valence-electron chi connectivity index (χ4n) is 4.31. The first-order valence-electron chi connectivity index (χ1n) is 10.7. The summed E-state index contributed by atoms with van der Waals surface area (Å²) in [6.45, 7) is 1.93. The Kier molecular flexibility index (Phi) is 7.18. The van der Waals surface area contributed by atoms with Crippen LogP contribution in [0, 0.1) is 5.41 Å². The lowest BCUT2D eigenvalue weighted by molar-refractivity contribution is -0.138. The van der Waals surface area contributed by atoms with Crippen molar-refractivity contribution >= 4 is 23.5 Å². The number of nitrogens with zero attached hydrogens (tertiary/aromatic N) is 3. The molecule has 8 heteroatoms. The SMILES string of the molecule is CN=C(NCCCN1C(=O)COc2ccccc21)NCC1(C(=O)N(C)C)CCCC1. The van der Waals surface area contributed by atoms with E-state index in [0.29, 0.717) is 25.6 Å². The largest absolute Gasteiger partial charge is 0.482 e. The third-order valence-electron chi connectivity index (χ3n) is 5.90. The molecule has 0 spiro atoms. The van der Waals surface area contributed by atoms with Gasteiger partial charge in [0.15, 0.2) is 12.6 Å². The molecule has 0 saturated heterocycles. The summed E-state index contributed by atoms with van der Waals surface area (Å²) in [6.07, 6.45) is 4.76. The highest BCUT2D eigenvalue weighted by atomic mass is 16.5. The van der Waals surface area contributed by atoms with Gasteiger partial charge in [-0.2, -0.15) is 0 Å². The maximum Gasteiger partial charge on any atom is 0.265 e. The first kappa shape index (κ1) is 21.9. The van der Waals surface area contributed by atoms with E-state index in [1.165, 1.54) is 0 Å². The number of amides is 2. The third-order valence-corrected chi connectivity index (χ3v) is 5.90. The van der Waals surface area contributed by atoms with Crippen molar-refractivity contribution in [3.05, 3.63) is 24.3 Å². The summed E-state index contributed by atoms with van der Waals surface area (Å²) in [5.41, 5.74) is 0.479. The second kappa shape index (κ2) is 9.82. The average molecular weight is 416 g/mol. The van der Waals surface area contributed by atoms with Gasteiger partial charge in [0.25, 0.3) is 5.91 Å². The van der Waals surface area contributed by atoms with Gasteiger partial charge >= 0.3 is 0 Å². The minimum absolute atomic E-state index is 0.0263. The predicted octanol–water partition coefficient (Wildman–Crippen LogP) is 1.62. The van der Waals surface area contributed by atoms with Crippen LogP contribution in [0.25, 0.3) is 0 Å². The van der Waals surface area contributed by atoms with Gasteiger partial charge in [-0.15, -0.1) is 0 Å². The first-order chi connectivity index (χ1) is 14.5. The monoisotopic (exact) mass is 415 g/mol. The summed E-state index contributed by atoms with van der Waals surface area (Å²) < 4.78 is 5.49. The highest BCUT2D eigenvalue weighted by Gasteiger charge is 2.42. The number of carbonyl (C=O) groups excluding carboxylic acids is 2. The van der Waals surface area contributed by atoms with Crippen molar-refractivity contribution in [2.24, 2.45) is 10.4 Å². The van der Waals surface area contributed by atoms with Crippen LogP contribution in [-0.4, -0.2) is 70.1 Å². The lowest BCUT2D eigenvalue weighted by Gasteiger charge is -2.31. The van der Waals surface area contributed by atoms with Gasteiger partial charge in [0.2, 0.25) is 5.91 Å². The highest BCUT2D eigenvalue weighted by molar-refractivity contribution is 5.97. The molecule has 2 amide bonds. The van der Waals surface area contributed by atoms with Crippen LogP contribution < -0.4 is 20.3 Å². The Labute approximate surface area is 178 Å². The number of aliphatic imine (C=N–C) groups is 1. The lowest BCUT2D eigenvalue weighted by Crippen LogP contribution is -2.49. The van der Waals surface area contributed by atoms with E-state index in [1.807, 2.05) is 38.4 Å². The van der Waals surface area contributed by atoms with Gasteiger partial charge in [0.05, 0.1) is 11.1 Å². The van der Waals surface area contributed by atoms with Gasteiger partial charge < -0.3 is 25.2 Å². The second-order valence-electron chi connectivity index (χ2n) is 8.19. The van der Waals surface area contributed by atoms with Crippen molar-refractivity contribution < 1.29 is 14.3 Å². The Morgan fingerprint density at radius 1 is 1.23 bits per heavy atom. The zero-order chi connectivity index (χ0) is 21.6. The first-order valence-corrected chi connectivity index (χ1v) is 10.7. The number of anilines is 1. The average Bonchev–Trinajstić information content (AvgIpc) is 3.24. The summed E-state index contributed by atoms with van der Waals surface area (Å²) in [7, 11) is 5.37. The van der Waals surface area contributed by atoms with Crippen LogP contribution in [0.3, 0.4) is 0 Å². The van der Waals surface area contributed by atoms with Crippen LogP contribution >= 0.6 is 0 Å². The minimum atomic E-state index is -0.342. The van der Waals surface area contributed by atoms with Crippen molar-refractivity contribution in [2.75, 3.05) is 52.3 Å². The van der Waals surface area contributed by atoms with Crippen molar-refractivity contribution in [1.82, 2.24) is 15.5 Å². The number of hydrogen-bond acceptors (Lipinski definition) is 4. The molecule has 0 atom stereocenters. The summed E-state index contributed by atoms with van der Waals surface area (Å²) >= 11 is 0. The number of fused-ring (bicyclic) bond motifs is 1. The van der Waals surface area contributed by atoms with Crippen LogP contribution in [0.4, 0.5) is 5.69 Å². The summed E-state index contributed by atoms with van der Waals surface area (Å²) in [6, 6.07) is 7.60. The van der Waals surface area contributed by atoms with Gasteiger partial charge in [-0.05, 0) is 31.4 Å². The number of nitrogens with one attached hydrogen (secondary N) is 2. The molecule has 30 heavy (non-hydrogen) atoms. The van der Waals surface area contributed by atoms with E-state index in [-0.39, 0.29) is 23.8 Å². The molecule has 0 aromatic heterocycles. The van der Waals surface area contributed by atoms with Crippen LogP contribution in [-0.2, 0) is 9.59 Å². The molecular formula is C22H33N5O3. The molecule has 0 bridgehead atoms. The third kappa shape index (κ3) is 4.86. The number of para-hydroxylation sites is 2. The number of benzene rings is 1. The molecule has 1 aromatic rings. The number of rotatable bonds is 7. The standard InChI is InChI=1S/C22H33N5O3/c1-23-21(25-16-22(11-6-7-12-22)20(29)26(2)3)24-13-8-14-27-17-9-4-5-10-18(17)30-15-19(27)28/h4-5,9-10H,6-8,11-16H2,1-3H3,(H2,23,24,25). The number of carbonyl (C=O) groups is 2. The molecule has 0 radical (unpaired) electrons. The Morgan fingerprint density at radius 3 is 2.67 bits per heavy atom. The molecule has 1 aliphatic carbocycles. The number of guanidine groups is 1. The van der Waals surface area contributed by atoms with Crippen LogP contribution in [0.2, 0.25) is 0 Å². The van der Waals surface area contributed by atoms with Crippen LogP contribution in [0.5, 0.6) is 5.75 Å². The smallest absolute Gasteiger partial charge is 0.265 e. The van der Waals surface area contributed by atoms with Gasteiger partial charge in [-0.3, -0.25) is 14.6 Å². The quantitative estimate of drug-likeness (QED) is 0.402. The van der Waals surface area contributed by atoms with Crippen molar-refractivity contribution in [3.63, 3.8) is 0 Å². The molecule has 1 aromatic carbocycles. The molecule has 2 aliphatic rings. The van der Waals surface area contributed by atoms with E-state index in [2.05, 4.69) is 15.6 Å². The van der Waals surface area contributed by atoms with Crippen LogP contribution in [0.15, 0.2) is 29.3 Å². The number of hydrogen-bond donors (Lipinski definition) is 2. The Morgan fingerprint density at radius 2 is 1.97 bits per heavy atom. The van der Waals surface area contributed by atoms with Gasteiger partial charge in [0.1, 0.15) is 5.75 Å². The normalized spacial score (nSPS) is 17.9. The summed E-state index contributed by atoms with van der Waals surface area (Å²) in [4.78, 5) is 32.7. The number of ether oxygens (including phenoxy) is 1. The van der Waals surface area contributed by atoms with Crippen molar-refractivity contribution in [1.29, 1.82) is 0 Å². The maximum atomic E-state index is 12.7. The Balaban J connectivity index is 1.48. The topological polar surface area (TPSA) is 86.3 Å². The predicted molar refractivity (Wildman–Crippen MR) is 118 cm³/mol. The Bertz CT molecular complexity index is 787. The maximum absolute atomic E-state index is 12.7. The zero-order valence-electron chi connectivity index (χ0n) is 18.2. The fraction of sp³-hybridized carbons (Fsp3) is 0.591. The highest BCUT2D eigenvalue weighted by Crippen LogP contribution is 2.39. The van der Waals surface area contributed by atoms with E-state index in [4.69, 9.17) is 4.74 Å². The summed E-state index contributed by atoms with van der Waals surface area (Å²) in [5, 5.41) is 6.64. The van der Waals surface area contributed by atoms with Crippen LogP contribution in [0.1, 0.15) is 32.1 Å². The molecule has 3 rings (SSSR count). The summed E-state index contributed by atoms with van der Waals surface area (Å²) in [5.74, 6) is 1.59. The zero-order valence-corrected chi connectivity index (χ0v) is 18.2. The molecule has 1 fully saturated rings. The van der Waals surface area contributed by atoms with Gasteiger partial charge in [-0.25, -0.2) is 0 Å². The second-order valence-corrected chi connectivity index (χ2v) is 8.19. The van der Waals surface area contributed by atoms with Crippen molar-refractivity contribution in [3.8, 4) is 5.75 Å². The van der Waals surface area contributed by atoms with Crippen molar-refractivity contribution in [2.45, 2.75) is 32.1 Å². The van der Waals surface area contributed by atoms with E-state index in [0.717, 1.165) is 43.5 Å². The van der Waals surface area contributed by atoms with E-state index >= 15 is 0 Å². The molecule has 0 unspecified atom stereocenters. The Hall–Kier alpha value is -2.77. The van der Waals surface area contributed by atoms with E-state index in [9.17, 15) is 9.59 Å². The van der Waals surface area contributed by atoms with Gasteiger partial charge in [-0.1, -0.05) is 25.0 Å². The lowest BCUT2D eigenvalue weighted by atomic mass is 9.84. The minimum Gasteiger partial charge on any atom is -0.482 e. The van der Waals surface area contributed by atoms with E-state index < -0.39 is 0 Å². The molecule has 8 nitrogen and oxygen atoms in total. The molecular weight excluding hydrogens is 382 g/mol. The molecule has 1 aliphatic heterocycles. The molecule has 2 N–H and O–H groups in total. The molecule has 1 saturated carbocycles. The van der Waals surface area contributed by atoms with Gasteiger partial charge in [0, 0.05) is 40.8 Å².